The quantitative estimate of drug-likeness (QED) is 0.438. The van der Waals surface area contributed by atoms with Crippen LogP contribution in [0.1, 0.15) is 25.8 Å². The number of carbonyl (C=O) groups excluding carboxylic acids is 1. The minimum Gasteiger partial charge on any atom is -0.443 e. The molecule has 0 aromatic heterocycles. The molecular weight excluding hydrogens is 372 g/mol. The fourth-order valence-electron chi connectivity index (χ4n) is 3.29. The first-order valence-electron chi connectivity index (χ1n) is 10.4. The fraction of sp³-hybridized carbons (Fsp3) is 0.269. The van der Waals surface area contributed by atoms with E-state index in [-0.39, 0.29) is 0 Å². The highest BCUT2D eigenvalue weighted by Crippen LogP contribution is 2.28. The molecule has 4 heteroatoms. The summed E-state index contributed by atoms with van der Waals surface area (Å²) in [5, 5.41) is 6.34. The lowest BCUT2D eigenvalue weighted by molar-refractivity contribution is 0.0427. The molecule has 0 aliphatic rings. The van der Waals surface area contributed by atoms with Gasteiger partial charge in [0.1, 0.15) is 5.60 Å². The van der Waals surface area contributed by atoms with Gasteiger partial charge in [-0.3, -0.25) is 5.32 Å². The Hall–Kier alpha value is -3.11. The van der Waals surface area contributed by atoms with Gasteiger partial charge >= 0.3 is 6.09 Å². The molecule has 2 N–H and O–H groups in total. The van der Waals surface area contributed by atoms with Crippen molar-refractivity contribution in [3.05, 3.63) is 90.5 Å². The summed E-state index contributed by atoms with van der Waals surface area (Å²) in [6.45, 7) is 5.56. The van der Waals surface area contributed by atoms with Crippen molar-refractivity contribution >= 4 is 11.8 Å². The maximum Gasteiger partial charge on any atom is 0.412 e. The number of nitrogens with one attached hydrogen (secondary N) is 2. The van der Waals surface area contributed by atoms with Crippen LogP contribution in [-0.2, 0) is 11.2 Å². The highest BCUT2D eigenvalue weighted by molar-refractivity contribution is 5.91. The van der Waals surface area contributed by atoms with Crippen LogP contribution in [0.4, 0.5) is 10.5 Å². The molecule has 0 fully saturated rings. The Morgan fingerprint density at radius 3 is 2.20 bits per heavy atom. The molecule has 1 amide bonds. The summed E-state index contributed by atoms with van der Waals surface area (Å²) in [5.74, 6) is 0. The molecule has 30 heavy (non-hydrogen) atoms. The number of para-hydroxylation sites is 1. The zero-order valence-electron chi connectivity index (χ0n) is 17.7. The van der Waals surface area contributed by atoms with E-state index in [9.17, 15) is 4.79 Å². The van der Waals surface area contributed by atoms with Gasteiger partial charge in [0.2, 0.25) is 0 Å². The number of amides is 1. The molecule has 0 heterocycles. The van der Waals surface area contributed by atoms with Gasteiger partial charge in [-0.2, -0.15) is 0 Å². The van der Waals surface area contributed by atoms with Crippen molar-refractivity contribution < 1.29 is 9.53 Å². The second-order valence-corrected chi connectivity index (χ2v) is 7.92. The van der Waals surface area contributed by atoms with Gasteiger partial charge in [0, 0.05) is 5.56 Å². The lowest BCUT2D eigenvalue weighted by atomic mass is 10.0. The first-order valence-corrected chi connectivity index (χ1v) is 10.4. The smallest absolute Gasteiger partial charge is 0.412 e. The van der Waals surface area contributed by atoms with Gasteiger partial charge in [-0.25, -0.2) is 4.79 Å². The summed E-state index contributed by atoms with van der Waals surface area (Å²) in [6.07, 6.45) is 1.28. The summed E-state index contributed by atoms with van der Waals surface area (Å²) < 4.78 is 5.71. The van der Waals surface area contributed by atoms with Crippen LogP contribution >= 0.6 is 0 Å². The molecule has 0 aliphatic heterocycles. The predicted molar refractivity (Wildman–Crippen MR) is 124 cm³/mol. The van der Waals surface area contributed by atoms with Crippen LogP contribution in [0.2, 0.25) is 0 Å². The van der Waals surface area contributed by atoms with E-state index in [4.69, 9.17) is 4.74 Å². The van der Waals surface area contributed by atoms with Gasteiger partial charge in [0.15, 0.2) is 0 Å². The molecular formula is C26H30N2O2. The van der Waals surface area contributed by atoms with Crippen LogP contribution in [0.25, 0.3) is 11.1 Å². The number of ether oxygens (including phenoxy) is 1. The van der Waals surface area contributed by atoms with Gasteiger partial charge in [-0.15, -0.1) is 0 Å². The van der Waals surface area contributed by atoms with Crippen LogP contribution in [0.5, 0.6) is 0 Å². The molecule has 156 valence electrons. The molecule has 0 unspecified atom stereocenters. The third-order valence-corrected chi connectivity index (χ3v) is 4.95. The van der Waals surface area contributed by atoms with E-state index in [2.05, 4.69) is 34.9 Å². The van der Waals surface area contributed by atoms with Crippen LogP contribution in [0.15, 0.2) is 84.9 Å². The standard InChI is InChI=1S/C26H30N2O2/c1-26(2,18-20-27-19-17-21-11-5-3-6-12-21)30-25(29)28-24-16-10-9-15-23(24)22-13-7-4-8-14-22/h3-16,27H,17-20H2,1-2H3,(H,28,29). The molecule has 0 bridgehead atoms. The third-order valence-electron chi connectivity index (χ3n) is 4.95. The van der Waals surface area contributed by atoms with E-state index in [1.165, 1.54) is 5.56 Å². The number of hydrogen-bond acceptors (Lipinski definition) is 3. The molecule has 0 saturated heterocycles. The van der Waals surface area contributed by atoms with Crippen molar-refractivity contribution in [1.82, 2.24) is 5.32 Å². The summed E-state index contributed by atoms with van der Waals surface area (Å²) in [4.78, 5) is 12.5. The van der Waals surface area contributed by atoms with Gasteiger partial charge in [0.05, 0.1) is 5.69 Å². The summed E-state index contributed by atoms with van der Waals surface area (Å²) in [7, 11) is 0. The highest BCUT2D eigenvalue weighted by Gasteiger charge is 2.23. The second kappa shape index (κ2) is 10.6. The highest BCUT2D eigenvalue weighted by atomic mass is 16.6. The number of carbonyl (C=O) groups is 1. The Balaban J connectivity index is 1.47. The molecule has 4 nitrogen and oxygen atoms in total. The number of benzene rings is 3. The van der Waals surface area contributed by atoms with E-state index < -0.39 is 11.7 Å². The molecule has 3 aromatic carbocycles. The maximum atomic E-state index is 12.5. The van der Waals surface area contributed by atoms with Gasteiger partial charge in [-0.05, 0) is 57.0 Å². The Bertz CT molecular complexity index is 924. The molecule has 0 atom stereocenters. The number of anilines is 1. The summed E-state index contributed by atoms with van der Waals surface area (Å²) in [5.41, 5.74) is 3.51. The summed E-state index contributed by atoms with van der Waals surface area (Å²) >= 11 is 0. The zero-order valence-corrected chi connectivity index (χ0v) is 17.7. The van der Waals surface area contributed by atoms with Crippen LogP contribution in [0, 0.1) is 0 Å². The van der Waals surface area contributed by atoms with Crippen LogP contribution in [0.3, 0.4) is 0 Å². The number of rotatable bonds is 9. The van der Waals surface area contributed by atoms with Crippen molar-refractivity contribution in [3.8, 4) is 11.1 Å². The van der Waals surface area contributed by atoms with Gasteiger partial charge in [-0.1, -0.05) is 78.9 Å². The predicted octanol–water partition coefficient (Wildman–Crippen LogP) is 5.90. The van der Waals surface area contributed by atoms with E-state index in [0.29, 0.717) is 0 Å². The number of hydrogen-bond donors (Lipinski definition) is 2. The minimum absolute atomic E-state index is 0.437. The molecule has 0 radical (unpaired) electrons. The van der Waals surface area contributed by atoms with Gasteiger partial charge in [0.25, 0.3) is 0 Å². The normalized spacial score (nSPS) is 11.1. The second-order valence-electron chi connectivity index (χ2n) is 7.92. The van der Waals surface area contributed by atoms with E-state index in [1.54, 1.807) is 0 Å². The minimum atomic E-state index is -0.564. The SMILES string of the molecule is CC(C)(CCNCCc1ccccc1)OC(=O)Nc1ccccc1-c1ccccc1. The maximum absolute atomic E-state index is 12.5. The Labute approximate surface area is 179 Å². The Morgan fingerprint density at radius 1 is 0.833 bits per heavy atom. The van der Waals surface area contributed by atoms with Crippen molar-refractivity contribution in [1.29, 1.82) is 0 Å². The Morgan fingerprint density at radius 2 is 1.47 bits per heavy atom. The van der Waals surface area contributed by atoms with Crippen molar-refractivity contribution in [2.75, 3.05) is 18.4 Å². The van der Waals surface area contributed by atoms with Crippen molar-refractivity contribution in [2.24, 2.45) is 0 Å². The summed E-state index contributed by atoms with van der Waals surface area (Å²) in [6, 6.07) is 28.2. The van der Waals surface area contributed by atoms with E-state index >= 15 is 0 Å². The monoisotopic (exact) mass is 402 g/mol. The zero-order chi connectivity index (χ0) is 21.2. The largest absolute Gasteiger partial charge is 0.443 e. The molecule has 3 aromatic rings. The molecule has 3 rings (SSSR count). The molecule has 0 aliphatic carbocycles. The fourth-order valence-corrected chi connectivity index (χ4v) is 3.29. The molecule has 0 spiro atoms. The lowest BCUT2D eigenvalue weighted by Crippen LogP contribution is -2.34. The lowest BCUT2D eigenvalue weighted by Gasteiger charge is -2.25. The average molecular weight is 403 g/mol. The third kappa shape index (κ3) is 6.75. The van der Waals surface area contributed by atoms with Crippen LogP contribution < -0.4 is 10.6 Å². The van der Waals surface area contributed by atoms with Gasteiger partial charge < -0.3 is 10.1 Å². The van der Waals surface area contributed by atoms with E-state index in [0.717, 1.165) is 42.7 Å². The van der Waals surface area contributed by atoms with Crippen molar-refractivity contribution in [3.63, 3.8) is 0 Å². The average Bonchev–Trinajstić information content (AvgIpc) is 2.75. The van der Waals surface area contributed by atoms with Crippen LogP contribution in [-0.4, -0.2) is 24.8 Å². The first kappa shape index (κ1) is 21.6. The first-order chi connectivity index (χ1) is 14.5. The molecule has 0 saturated carbocycles. The Kier molecular flexibility index (Phi) is 7.63. The van der Waals surface area contributed by atoms with E-state index in [1.807, 2.05) is 74.5 Å². The van der Waals surface area contributed by atoms with Crippen molar-refractivity contribution in [2.45, 2.75) is 32.3 Å². The topological polar surface area (TPSA) is 50.4 Å².